The molecule has 1 aliphatic heterocycles. The first-order valence-corrected chi connectivity index (χ1v) is 12.0. The Labute approximate surface area is 205 Å². The minimum Gasteiger partial charge on any atom is -0.434 e. The van der Waals surface area contributed by atoms with Gasteiger partial charge in [0.05, 0.1) is 6.61 Å². The zero-order chi connectivity index (χ0) is 25.2. The molecule has 2 aromatic rings. The molecule has 186 valence electrons. The first-order chi connectivity index (χ1) is 16.9. The average molecular weight is 481 g/mol. The number of nitrogens with zero attached hydrogens (tertiary/aromatic N) is 1. The van der Waals surface area contributed by atoms with Crippen LogP contribution < -0.4 is 10.1 Å². The molecule has 0 aromatic heterocycles. The van der Waals surface area contributed by atoms with E-state index in [9.17, 15) is 19.2 Å². The first kappa shape index (κ1) is 25.9. The number of amides is 2. The van der Waals surface area contributed by atoms with Crippen LogP contribution in [0, 0.1) is 12.8 Å². The molecule has 2 aromatic carbocycles. The summed E-state index contributed by atoms with van der Waals surface area (Å²) in [4.78, 5) is 50.4. The summed E-state index contributed by atoms with van der Waals surface area (Å²) in [6, 6.07) is 13.7. The van der Waals surface area contributed by atoms with Gasteiger partial charge in [-0.1, -0.05) is 29.8 Å². The molecule has 0 radical (unpaired) electrons. The summed E-state index contributed by atoms with van der Waals surface area (Å²) < 4.78 is 9.74. The lowest BCUT2D eigenvalue weighted by Crippen LogP contribution is -2.41. The Hall–Kier alpha value is -3.68. The van der Waals surface area contributed by atoms with Gasteiger partial charge in [0, 0.05) is 43.6 Å². The van der Waals surface area contributed by atoms with Crippen LogP contribution >= 0.6 is 0 Å². The number of hydrogen-bond donors (Lipinski definition) is 1. The number of likely N-dealkylation sites (tertiary alicyclic amines) is 1. The van der Waals surface area contributed by atoms with E-state index in [1.54, 1.807) is 48.2 Å². The minimum absolute atomic E-state index is 0.0348. The molecule has 35 heavy (non-hydrogen) atoms. The fourth-order valence-corrected chi connectivity index (χ4v) is 3.89. The zero-order valence-corrected chi connectivity index (χ0v) is 20.2. The van der Waals surface area contributed by atoms with Crippen molar-refractivity contribution in [2.45, 2.75) is 39.5 Å². The second kappa shape index (κ2) is 12.7. The number of Topliss-reactive ketones (excluding diaryl/α,β-unsaturated/α-hetero) is 1. The van der Waals surface area contributed by atoms with Gasteiger partial charge in [-0.15, -0.1) is 0 Å². The van der Waals surface area contributed by atoms with Crippen molar-refractivity contribution < 1.29 is 28.7 Å². The van der Waals surface area contributed by atoms with Gasteiger partial charge in [0.1, 0.15) is 5.75 Å². The van der Waals surface area contributed by atoms with Gasteiger partial charge in [0.2, 0.25) is 5.91 Å². The molecule has 1 N–H and O–H groups in total. The summed E-state index contributed by atoms with van der Waals surface area (Å²) in [5.74, 6) is 0.359. The SMILES string of the molecule is CCOC(=O)Oc1ccc(C(=O)N2CCC(CNC(=O)CCC(=O)c3ccc(C)cc3)CC2)cc1. The lowest BCUT2D eigenvalue weighted by molar-refractivity contribution is -0.121. The number of rotatable bonds is 9. The van der Waals surface area contributed by atoms with Crippen molar-refractivity contribution in [2.24, 2.45) is 5.92 Å². The second-order valence-corrected chi connectivity index (χ2v) is 8.64. The van der Waals surface area contributed by atoms with Crippen LogP contribution in [0.15, 0.2) is 48.5 Å². The Bertz CT molecular complexity index is 1020. The minimum atomic E-state index is -0.779. The maximum atomic E-state index is 12.8. The Morgan fingerprint density at radius 3 is 2.17 bits per heavy atom. The standard InChI is InChI=1S/C27H32N2O6/c1-3-34-27(33)35-23-10-8-22(9-11-23)26(32)29-16-14-20(15-17-29)18-28-25(31)13-12-24(30)21-6-4-19(2)5-7-21/h4-11,20H,3,12-18H2,1-2H3,(H,28,31). The maximum Gasteiger partial charge on any atom is 0.513 e. The zero-order valence-electron chi connectivity index (χ0n) is 20.2. The molecule has 3 rings (SSSR count). The molecule has 0 saturated carbocycles. The first-order valence-electron chi connectivity index (χ1n) is 12.0. The van der Waals surface area contributed by atoms with E-state index in [1.165, 1.54) is 0 Å². The van der Waals surface area contributed by atoms with E-state index in [4.69, 9.17) is 9.47 Å². The van der Waals surface area contributed by atoms with Crippen molar-refractivity contribution in [1.82, 2.24) is 10.2 Å². The number of carbonyl (C=O) groups excluding carboxylic acids is 4. The van der Waals surface area contributed by atoms with E-state index < -0.39 is 6.16 Å². The number of ketones is 1. The van der Waals surface area contributed by atoms with Crippen molar-refractivity contribution in [3.8, 4) is 5.75 Å². The summed E-state index contributed by atoms with van der Waals surface area (Å²) in [6.45, 7) is 5.63. The number of piperidine rings is 1. The van der Waals surface area contributed by atoms with Gasteiger partial charge in [-0.2, -0.15) is 0 Å². The Morgan fingerprint density at radius 2 is 1.54 bits per heavy atom. The molecule has 8 nitrogen and oxygen atoms in total. The Kier molecular flexibility index (Phi) is 9.40. The van der Waals surface area contributed by atoms with Gasteiger partial charge in [0.15, 0.2) is 5.78 Å². The van der Waals surface area contributed by atoms with Crippen LogP contribution in [0.1, 0.15) is 58.9 Å². The largest absolute Gasteiger partial charge is 0.513 e. The van der Waals surface area contributed by atoms with Crippen LogP contribution in [0.2, 0.25) is 0 Å². The van der Waals surface area contributed by atoms with Crippen LogP contribution in [-0.4, -0.2) is 54.9 Å². The molecular formula is C27H32N2O6. The Balaban J connectivity index is 1.36. The quantitative estimate of drug-likeness (QED) is 0.328. The Morgan fingerprint density at radius 1 is 0.914 bits per heavy atom. The molecule has 0 bridgehead atoms. The summed E-state index contributed by atoms with van der Waals surface area (Å²) in [6.07, 6.45) is 1.15. The number of hydrogen-bond acceptors (Lipinski definition) is 6. The highest BCUT2D eigenvalue weighted by Crippen LogP contribution is 2.20. The third kappa shape index (κ3) is 7.95. The smallest absolute Gasteiger partial charge is 0.434 e. The number of carbonyl (C=O) groups is 4. The molecule has 0 aliphatic carbocycles. The van der Waals surface area contributed by atoms with Crippen LogP contribution in [0.25, 0.3) is 0 Å². The fourth-order valence-electron chi connectivity index (χ4n) is 3.89. The molecule has 1 aliphatic rings. The highest BCUT2D eigenvalue weighted by Gasteiger charge is 2.24. The van der Waals surface area contributed by atoms with Crippen LogP contribution in [0.3, 0.4) is 0 Å². The topological polar surface area (TPSA) is 102 Å². The highest BCUT2D eigenvalue weighted by molar-refractivity contribution is 5.98. The predicted molar refractivity (Wildman–Crippen MR) is 130 cm³/mol. The third-order valence-corrected chi connectivity index (χ3v) is 6.01. The summed E-state index contributed by atoms with van der Waals surface area (Å²) in [5.41, 5.74) is 2.23. The monoisotopic (exact) mass is 480 g/mol. The summed E-state index contributed by atoms with van der Waals surface area (Å²) in [5, 5.41) is 2.93. The molecular weight excluding hydrogens is 448 g/mol. The van der Waals surface area contributed by atoms with Gasteiger partial charge in [-0.3, -0.25) is 14.4 Å². The summed E-state index contributed by atoms with van der Waals surface area (Å²) >= 11 is 0. The molecule has 1 heterocycles. The number of aryl methyl sites for hydroxylation is 1. The predicted octanol–water partition coefficient (Wildman–Crippen LogP) is 4.16. The summed E-state index contributed by atoms with van der Waals surface area (Å²) in [7, 11) is 0. The van der Waals surface area contributed by atoms with Gasteiger partial charge < -0.3 is 19.7 Å². The third-order valence-electron chi connectivity index (χ3n) is 6.01. The fraction of sp³-hybridized carbons (Fsp3) is 0.407. The van der Waals surface area contributed by atoms with Crippen molar-refractivity contribution in [3.63, 3.8) is 0 Å². The van der Waals surface area contributed by atoms with Crippen molar-refractivity contribution in [2.75, 3.05) is 26.2 Å². The molecule has 0 unspecified atom stereocenters. The van der Waals surface area contributed by atoms with Gasteiger partial charge in [0.25, 0.3) is 5.91 Å². The van der Waals surface area contributed by atoms with Crippen molar-refractivity contribution in [1.29, 1.82) is 0 Å². The maximum absolute atomic E-state index is 12.8. The van der Waals surface area contributed by atoms with Crippen LogP contribution in [0.5, 0.6) is 5.75 Å². The van der Waals surface area contributed by atoms with E-state index >= 15 is 0 Å². The number of nitrogens with one attached hydrogen (secondary N) is 1. The molecule has 8 heteroatoms. The molecule has 0 atom stereocenters. The van der Waals surface area contributed by atoms with Crippen molar-refractivity contribution in [3.05, 3.63) is 65.2 Å². The van der Waals surface area contributed by atoms with E-state index in [0.29, 0.717) is 36.5 Å². The molecule has 0 spiro atoms. The van der Waals surface area contributed by atoms with E-state index in [1.807, 2.05) is 19.1 Å². The van der Waals surface area contributed by atoms with Crippen LogP contribution in [-0.2, 0) is 9.53 Å². The second-order valence-electron chi connectivity index (χ2n) is 8.64. The van der Waals surface area contributed by atoms with Gasteiger partial charge in [-0.25, -0.2) is 4.79 Å². The van der Waals surface area contributed by atoms with E-state index in [-0.39, 0.29) is 43.0 Å². The van der Waals surface area contributed by atoms with Crippen LogP contribution in [0.4, 0.5) is 4.79 Å². The van der Waals surface area contributed by atoms with E-state index in [0.717, 1.165) is 18.4 Å². The number of ether oxygens (including phenoxy) is 2. The lowest BCUT2D eigenvalue weighted by atomic mass is 9.96. The normalized spacial score (nSPS) is 13.7. The van der Waals surface area contributed by atoms with E-state index in [2.05, 4.69) is 5.32 Å². The van der Waals surface area contributed by atoms with Gasteiger partial charge >= 0.3 is 6.16 Å². The van der Waals surface area contributed by atoms with Crippen molar-refractivity contribution >= 4 is 23.8 Å². The molecule has 1 saturated heterocycles. The molecule has 2 amide bonds. The van der Waals surface area contributed by atoms with Gasteiger partial charge in [-0.05, 0) is 56.9 Å². The lowest BCUT2D eigenvalue weighted by Gasteiger charge is -2.32. The highest BCUT2D eigenvalue weighted by atomic mass is 16.7. The average Bonchev–Trinajstić information content (AvgIpc) is 2.87. The number of benzene rings is 2. The molecule has 1 fully saturated rings.